The normalized spacial score (nSPS) is 22.3. The summed E-state index contributed by atoms with van der Waals surface area (Å²) in [6.45, 7) is 6.07. The second-order valence-corrected chi connectivity index (χ2v) is 7.15. The third-order valence-corrected chi connectivity index (χ3v) is 5.73. The van der Waals surface area contributed by atoms with Gasteiger partial charge >= 0.3 is 0 Å². The third kappa shape index (κ3) is 3.04. The lowest BCUT2D eigenvalue weighted by Gasteiger charge is -2.39. The molecule has 1 aliphatic carbocycles. The van der Waals surface area contributed by atoms with Crippen LogP contribution in [0.2, 0.25) is 0 Å². The monoisotopic (exact) mass is 313 g/mol. The highest BCUT2D eigenvalue weighted by atomic mass is 16.2. The van der Waals surface area contributed by atoms with Crippen molar-refractivity contribution in [2.75, 3.05) is 49.1 Å². The second-order valence-electron chi connectivity index (χ2n) is 7.15. The van der Waals surface area contributed by atoms with Gasteiger partial charge in [-0.3, -0.25) is 4.79 Å². The predicted molar refractivity (Wildman–Crippen MR) is 94.0 cm³/mol. The molecular weight excluding hydrogens is 286 g/mol. The Labute approximate surface area is 139 Å². The highest BCUT2D eigenvalue weighted by Gasteiger charge is 2.31. The Hall–Kier alpha value is -1.71. The molecule has 2 heterocycles. The minimum Gasteiger partial charge on any atom is -0.372 e. The van der Waals surface area contributed by atoms with E-state index in [1.807, 2.05) is 0 Å². The molecule has 2 saturated heterocycles. The quantitative estimate of drug-likeness (QED) is 0.858. The van der Waals surface area contributed by atoms with Crippen LogP contribution in [0.5, 0.6) is 0 Å². The van der Waals surface area contributed by atoms with Crippen LogP contribution in [0, 0.1) is 5.92 Å². The van der Waals surface area contributed by atoms with Gasteiger partial charge in [-0.15, -0.1) is 0 Å². The van der Waals surface area contributed by atoms with Gasteiger partial charge in [0.05, 0.1) is 0 Å². The molecule has 1 saturated carbocycles. The Bertz CT molecular complexity index is 538. The van der Waals surface area contributed by atoms with Crippen LogP contribution >= 0.6 is 0 Å². The fraction of sp³-hybridized carbons (Fsp3) is 0.632. The van der Waals surface area contributed by atoms with Crippen molar-refractivity contribution in [2.24, 2.45) is 5.92 Å². The van der Waals surface area contributed by atoms with Crippen LogP contribution in [-0.4, -0.2) is 50.1 Å². The van der Waals surface area contributed by atoms with Crippen molar-refractivity contribution in [1.29, 1.82) is 0 Å². The standard InChI is InChI=1S/C19H27N3O/c23-19(16-4-3-5-16)22-14-12-21(13-15-22)18-8-6-17(7-9-18)20-10-1-2-11-20/h6-9,16H,1-5,10-15H2. The Morgan fingerprint density at radius 3 is 1.74 bits per heavy atom. The molecule has 4 heteroatoms. The molecule has 0 bridgehead atoms. The molecular formula is C19H27N3O. The molecule has 3 aliphatic rings. The van der Waals surface area contributed by atoms with Gasteiger partial charge < -0.3 is 14.7 Å². The summed E-state index contributed by atoms with van der Waals surface area (Å²) in [6.07, 6.45) is 6.09. The third-order valence-electron chi connectivity index (χ3n) is 5.73. The van der Waals surface area contributed by atoms with Gasteiger partial charge in [-0.2, -0.15) is 0 Å². The van der Waals surface area contributed by atoms with Crippen LogP contribution in [0.1, 0.15) is 32.1 Å². The minimum absolute atomic E-state index is 0.335. The summed E-state index contributed by atoms with van der Waals surface area (Å²) < 4.78 is 0. The van der Waals surface area contributed by atoms with E-state index in [-0.39, 0.29) is 0 Å². The number of hydrogen-bond acceptors (Lipinski definition) is 3. The molecule has 1 aromatic carbocycles. The second kappa shape index (κ2) is 6.42. The van der Waals surface area contributed by atoms with E-state index in [4.69, 9.17) is 0 Å². The first-order chi connectivity index (χ1) is 11.3. The summed E-state index contributed by atoms with van der Waals surface area (Å²) in [5.41, 5.74) is 2.65. The van der Waals surface area contributed by atoms with Gasteiger partial charge in [-0.25, -0.2) is 0 Å². The highest BCUT2D eigenvalue weighted by molar-refractivity contribution is 5.80. The Morgan fingerprint density at radius 1 is 0.739 bits per heavy atom. The van der Waals surface area contributed by atoms with Gasteiger partial charge in [0, 0.05) is 56.6 Å². The van der Waals surface area contributed by atoms with E-state index in [0.717, 1.165) is 39.0 Å². The molecule has 0 spiro atoms. The van der Waals surface area contributed by atoms with Crippen molar-refractivity contribution in [3.63, 3.8) is 0 Å². The summed E-state index contributed by atoms with van der Waals surface area (Å²) in [6, 6.07) is 9.01. The van der Waals surface area contributed by atoms with Crippen molar-refractivity contribution in [3.8, 4) is 0 Å². The lowest BCUT2D eigenvalue weighted by Crippen LogP contribution is -2.51. The largest absolute Gasteiger partial charge is 0.372 e. The van der Waals surface area contributed by atoms with Gasteiger partial charge in [0.1, 0.15) is 0 Å². The van der Waals surface area contributed by atoms with Crippen molar-refractivity contribution in [1.82, 2.24) is 4.90 Å². The molecule has 1 aromatic rings. The number of anilines is 2. The Kier molecular flexibility index (Phi) is 4.15. The van der Waals surface area contributed by atoms with Crippen LogP contribution in [-0.2, 0) is 4.79 Å². The smallest absolute Gasteiger partial charge is 0.225 e. The van der Waals surface area contributed by atoms with E-state index in [0.29, 0.717) is 11.8 Å². The molecule has 0 unspecified atom stereocenters. The zero-order valence-corrected chi connectivity index (χ0v) is 13.9. The van der Waals surface area contributed by atoms with Gasteiger partial charge in [0.15, 0.2) is 0 Å². The molecule has 0 radical (unpaired) electrons. The first kappa shape index (κ1) is 14.9. The maximum absolute atomic E-state index is 12.3. The van der Waals surface area contributed by atoms with Crippen LogP contribution in [0.15, 0.2) is 24.3 Å². The molecule has 0 atom stereocenters. The van der Waals surface area contributed by atoms with E-state index >= 15 is 0 Å². The summed E-state index contributed by atoms with van der Waals surface area (Å²) in [4.78, 5) is 19.3. The van der Waals surface area contributed by atoms with Crippen molar-refractivity contribution >= 4 is 17.3 Å². The van der Waals surface area contributed by atoms with E-state index in [1.54, 1.807) is 0 Å². The van der Waals surface area contributed by atoms with Gasteiger partial charge in [0.2, 0.25) is 5.91 Å². The number of amides is 1. The van der Waals surface area contributed by atoms with Crippen LogP contribution in [0.3, 0.4) is 0 Å². The van der Waals surface area contributed by atoms with Crippen molar-refractivity contribution < 1.29 is 4.79 Å². The topological polar surface area (TPSA) is 26.8 Å². The predicted octanol–water partition coefficient (Wildman–Crippen LogP) is 2.74. The lowest BCUT2D eigenvalue weighted by atomic mass is 9.84. The summed E-state index contributed by atoms with van der Waals surface area (Å²) in [7, 11) is 0. The van der Waals surface area contributed by atoms with Crippen LogP contribution in [0.25, 0.3) is 0 Å². The first-order valence-electron chi connectivity index (χ1n) is 9.20. The number of piperazine rings is 1. The maximum atomic E-state index is 12.3. The number of carbonyl (C=O) groups excluding carboxylic acids is 1. The lowest BCUT2D eigenvalue weighted by molar-refractivity contribution is -0.138. The van der Waals surface area contributed by atoms with Crippen molar-refractivity contribution in [3.05, 3.63) is 24.3 Å². The molecule has 2 aliphatic heterocycles. The van der Waals surface area contributed by atoms with E-state index < -0.39 is 0 Å². The number of hydrogen-bond donors (Lipinski definition) is 0. The molecule has 0 aromatic heterocycles. The van der Waals surface area contributed by atoms with Crippen LogP contribution < -0.4 is 9.80 Å². The van der Waals surface area contributed by atoms with Gasteiger partial charge in [-0.1, -0.05) is 6.42 Å². The zero-order valence-electron chi connectivity index (χ0n) is 13.9. The number of carbonyl (C=O) groups is 1. The van der Waals surface area contributed by atoms with E-state index in [2.05, 4.69) is 39.0 Å². The number of nitrogens with zero attached hydrogens (tertiary/aromatic N) is 3. The number of benzene rings is 1. The molecule has 4 rings (SSSR count). The number of rotatable bonds is 3. The van der Waals surface area contributed by atoms with Crippen molar-refractivity contribution in [2.45, 2.75) is 32.1 Å². The molecule has 3 fully saturated rings. The minimum atomic E-state index is 0.335. The van der Waals surface area contributed by atoms with E-state index in [9.17, 15) is 4.79 Å². The van der Waals surface area contributed by atoms with Gasteiger partial charge in [-0.05, 0) is 49.9 Å². The van der Waals surface area contributed by atoms with Gasteiger partial charge in [0.25, 0.3) is 0 Å². The average Bonchev–Trinajstić information content (AvgIpc) is 3.08. The Balaban J connectivity index is 1.33. The first-order valence-corrected chi connectivity index (χ1v) is 9.20. The SMILES string of the molecule is O=C(C1CCC1)N1CCN(c2ccc(N3CCCC3)cc2)CC1. The van der Waals surface area contributed by atoms with E-state index in [1.165, 1.54) is 43.7 Å². The molecule has 1 amide bonds. The molecule has 0 N–H and O–H groups in total. The molecule has 4 nitrogen and oxygen atoms in total. The molecule has 23 heavy (non-hydrogen) atoms. The summed E-state index contributed by atoms with van der Waals surface area (Å²) in [5, 5.41) is 0. The summed E-state index contributed by atoms with van der Waals surface area (Å²) in [5.74, 6) is 0.738. The zero-order chi connectivity index (χ0) is 15.6. The maximum Gasteiger partial charge on any atom is 0.225 e. The van der Waals surface area contributed by atoms with Crippen LogP contribution in [0.4, 0.5) is 11.4 Å². The summed E-state index contributed by atoms with van der Waals surface area (Å²) >= 11 is 0. The average molecular weight is 313 g/mol. The molecule has 124 valence electrons. The fourth-order valence-electron chi connectivity index (χ4n) is 3.95. The Morgan fingerprint density at radius 2 is 1.26 bits per heavy atom. The fourth-order valence-corrected chi connectivity index (χ4v) is 3.95. The highest BCUT2D eigenvalue weighted by Crippen LogP contribution is 2.29.